The Bertz CT molecular complexity index is 339. The smallest absolute Gasteiger partial charge is 0.789 e. The van der Waals surface area contributed by atoms with Crippen LogP contribution in [0.1, 0.15) is 13.8 Å². The molecular formula is C4H6CaO9P2. The van der Waals surface area contributed by atoms with E-state index in [1.807, 2.05) is 0 Å². The van der Waals surface area contributed by atoms with Crippen LogP contribution in [0.25, 0.3) is 0 Å². The van der Waals surface area contributed by atoms with Gasteiger partial charge in [0.25, 0.3) is 0 Å². The molecule has 88 valence electrons. The molecule has 0 aromatic carbocycles. The van der Waals surface area contributed by atoms with Crippen molar-refractivity contribution in [1.82, 2.24) is 0 Å². The molecule has 0 spiro atoms. The predicted octanol–water partition coefficient (Wildman–Crippen LogP) is -1.31. The maximum absolute atomic E-state index is 11.2. The minimum absolute atomic E-state index is 0. The number of phosphoric acid groups is 2. The number of phosphoric ester groups is 1. The largest absolute Gasteiger partial charge is 2.00 e. The molecule has 0 rings (SSSR count). The fraction of sp³-hybridized carbons (Fsp3) is 0.500. The monoisotopic (exact) mass is 300 g/mol. The van der Waals surface area contributed by atoms with E-state index in [-0.39, 0.29) is 37.7 Å². The number of hydrogen-bond donors (Lipinski definition) is 0. The summed E-state index contributed by atoms with van der Waals surface area (Å²) >= 11 is 0. The second-order valence-electron chi connectivity index (χ2n) is 2.14. The van der Waals surface area contributed by atoms with Gasteiger partial charge in [0, 0.05) is 13.8 Å². The molecule has 0 atom stereocenters. The minimum atomic E-state index is -5.72. The SMILES string of the molecule is CC(=O)OP(=O)(OC(C)=O)OP(=O)([O-])[O-].[Ca+2]. The van der Waals surface area contributed by atoms with Crippen molar-refractivity contribution in [1.29, 1.82) is 0 Å². The first-order valence-electron chi connectivity index (χ1n) is 3.28. The Kier molecular flexibility index (Phi) is 8.36. The van der Waals surface area contributed by atoms with Crippen molar-refractivity contribution in [2.24, 2.45) is 0 Å². The summed E-state index contributed by atoms with van der Waals surface area (Å²) in [5.74, 6) is -2.49. The van der Waals surface area contributed by atoms with E-state index in [4.69, 9.17) is 0 Å². The zero-order valence-corrected chi connectivity index (χ0v) is 12.3. The van der Waals surface area contributed by atoms with Gasteiger partial charge in [-0.2, -0.15) is 0 Å². The van der Waals surface area contributed by atoms with Crippen molar-refractivity contribution in [3.05, 3.63) is 0 Å². The Hall–Kier alpha value is 0.540. The second-order valence-corrected chi connectivity index (χ2v) is 4.95. The van der Waals surface area contributed by atoms with Crippen LogP contribution in [0, 0.1) is 0 Å². The molecule has 0 fully saturated rings. The third-order valence-electron chi connectivity index (χ3n) is 0.681. The molecule has 16 heavy (non-hydrogen) atoms. The molecule has 0 aromatic rings. The first-order valence-corrected chi connectivity index (χ1v) is 6.20. The van der Waals surface area contributed by atoms with Crippen molar-refractivity contribution in [2.45, 2.75) is 13.8 Å². The number of hydrogen-bond acceptors (Lipinski definition) is 9. The molecule has 0 aliphatic carbocycles. The number of carbonyl (C=O) groups excluding carboxylic acids is 2. The van der Waals surface area contributed by atoms with Crippen molar-refractivity contribution < 1.29 is 41.9 Å². The minimum Gasteiger partial charge on any atom is -0.789 e. The van der Waals surface area contributed by atoms with Gasteiger partial charge >= 0.3 is 57.5 Å². The van der Waals surface area contributed by atoms with E-state index < -0.39 is 27.6 Å². The molecular weight excluding hydrogens is 294 g/mol. The Balaban J connectivity index is 0. The van der Waals surface area contributed by atoms with Crippen LogP contribution in [0.2, 0.25) is 0 Å². The Morgan fingerprint density at radius 2 is 1.31 bits per heavy atom. The molecule has 0 amide bonds. The average Bonchev–Trinajstić information content (AvgIpc) is 1.73. The van der Waals surface area contributed by atoms with E-state index in [1.165, 1.54) is 0 Å². The zero-order chi connectivity index (χ0) is 12.3. The van der Waals surface area contributed by atoms with Crippen LogP contribution in [0.4, 0.5) is 0 Å². The van der Waals surface area contributed by atoms with Gasteiger partial charge in [0.1, 0.15) is 0 Å². The van der Waals surface area contributed by atoms with Gasteiger partial charge in [-0.05, 0) is 0 Å². The molecule has 0 aromatic heterocycles. The summed E-state index contributed by atoms with van der Waals surface area (Å²) in [6, 6.07) is 0. The molecule has 0 radical (unpaired) electrons. The third kappa shape index (κ3) is 9.74. The molecule has 0 saturated heterocycles. The van der Waals surface area contributed by atoms with Crippen LogP contribution in [0.15, 0.2) is 0 Å². The van der Waals surface area contributed by atoms with Gasteiger partial charge in [0.2, 0.25) is 0 Å². The fourth-order valence-electron chi connectivity index (χ4n) is 0.489. The number of rotatable bonds is 4. The quantitative estimate of drug-likeness (QED) is 0.456. The summed E-state index contributed by atoms with van der Waals surface area (Å²) in [5, 5.41) is 0. The molecule has 0 aliphatic heterocycles. The van der Waals surface area contributed by atoms with Crippen LogP contribution in [-0.2, 0) is 32.1 Å². The summed E-state index contributed by atoms with van der Waals surface area (Å²) in [6.45, 7) is 1.50. The van der Waals surface area contributed by atoms with Gasteiger partial charge in [0.05, 0.1) is 7.82 Å². The van der Waals surface area contributed by atoms with E-state index in [0.717, 1.165) is 13.8 Å². The molecule has 0 N–H and O–H groups in total. The van der Waals surface area contributed by atoms with Crippen LogP contribution in [0.5, 0.6) is 0 Å². The van der Waals surface area contributed by atoms with Crippen LogP contribution in [-0.4, -0.2) is 49.7 Å². The Morgan fingerprint density at radius 1 is 1.00 bits per heavy atom. The fourth-order valence-corrected chi connectivity index (χ4v) is 2.40. The van der Waals surface area contributed by atoms with Gasteiger partial charge in [0.15, 0.2) is 0 Å². The van der Waals surface area contributed by atoms with Crippen LogP contribution in [0.3, 0.4) is 0 Å². The third-order valence-corrected chi connectivity index (χ3v) is 3.24. The predicted molar refractivity (Wildman–Crippen MR) is 45.6 cm³/mol. The summed E-state index contributed by atoms with van der Waals surface area (Å²) in [6.07, 6.45) is 0. The van der Waals surface area contributed by atoms with Crippen molar-refractivity contribution in [3.63, 3.8) is 0 Å². The summed E-state index contributed by atoms with van der Waals surface area (Å²) in [7, 11) is -10.8. The van der Waals surface area contributed by atoms with E-state index in [0.29, 0.717) is 0 Å². The Morgan fingerprint density at radius 3 is 1.50 bits per heavy atom. The Labute approximate surface area is 120 Å². The molecule has 0 aliphatic rings. The van der Waals surface area contributed by atoms with E-state index in [1.54, 1.807) is 0 Å². The average molecular weight is 300 g/mol. The van der Waals surface area contributed by atoms with E-state index in [9.17, 15) is 28.5 Å². The molecule has 0 saturated carbocycles. The van der Waals surface area contributed by atoms with E-state index >= 15 is 0 Å². The normalized spacial score (nSPS) is 11.2. The van der Waals surface area contributed by atoms with Crippen LogP contribution >= 0.6 is 15.6 Å². The zero-order valence-electron chi connectivity index (χ0n) is 8.28. The van der Waals surface area contributed by atoms with E-state index in [2.05, 4.69) is 13.4 Å². The van der Waals surface area contributed by atoms with Crippen molar-refractivity contribution >= 4 is 65.3 Å². The van der Waals surface area contributed by atoms with Gasteiger partial charge in [-0.15, -0.1) is 0 Å². The first kappa shape index (κ1) is 18.9. The number of carbonyl (C=O) groups is 2. The molecule has 0 bridgehead atoms. The molecule has 9 nitrogen and oxygen atoms in total. The summed E-state index contributed by atoms with van der Waals surface area (Å²) in [5.41, 5.74) is 0. The maximum atomic E-state index is 11.2. The van der Waals surface area contributed by atoms with Crippen LogP contribution < -0.4 is 9.79 Å². The van der Waals surface area contributed by atoms with Gasteiger partial charge < -0.3 is 23.4 Å². The maximum Gasteiger partial charge on any atom is 2.00 e. The standard InChI is InChI=1S/C4H8O9P2.Ca/c1-3(5)11-15(10,12-4(2)6)13-14(7,8)9;/h1-2H3,(H2,7,8,9);/q;+2/p-2. The van der Waals surface area contributed by atoms with Crippen molar-refractivity contribution in [2.75, 3.05) is 0 Å². The molecule has 0 unspecified atom stereocenters. The van der Waals surface area contributed by atoms with Gasteiger partial charge in [-0.25, -0.2) is 8.88 Å². The molecule has 0 heterocycles. The topological polar surface area (TPSA) is 142 Å². The molecule has 12 heteroatoms. The summed E-state index contributed by atoms with van der Waals surface area (Å²) < 4.78 is 32.2. The second kappa shape index (κ2) is 7.08. The van der Waals surface area contributed by atoms with Crippen molar-refractivity contribution in [3.8, 4) is 0 Å². The first-order chi connectivity index (χ1) is 6.54. The van der Waals surface area contributed by atoms with Gasteiger partial charge in [-0.1, -0.05) is 0 Å². The van der Waals surface area contributed by atoms with Gasteiger partial charge in [-0.3, -0.25) is 9.59 Å². The summed E-state index contributed by atoms with van der Waals surface area (Å²) in [4.78, 5) is 40.9.